The molecule has 0 aliphatic heterocycles. The van der Waals surface area contributed by atoms with Gasteiger partial charge in [-0.15, -0.1) is 0 Å². The number of hydrogen-bond acceptors (Lipinski definition) is 2. The minimum absolute atomic E-state index is 0.917. The van der Waals surface area contributed by atoms with Crippen LogP contribution < -0.4 is 0 Å². The summed E-state index contributed by atoms with van der Waals surface area (Å²) in [6.45, 7) is 0. The largest absolute Gasteiger partial charge is 0.456 e. The third-order valence-corrected chi connectivity index (χ3v) is 25.5. The average molecular weight is 1550 g/mol. The van der Waals surface area contributed by atoms with Crippen molar-refractivity contribution in [2.75, 3.05) is 0 Å². The summed E-state index contributed by atoms with van der Waals surface area (Å²) in [7, 11) is 0. The Labute approximate surface area is 703 Å². The first kappa shape index (κ1) is 70.2. The van der Waals surface area contributed by atoms with Crippen molar-refractivity contribution in [3.63, 3.8) is 0 Å². The van der Waals surface area contributed by atoms with Crippen molar-refractivity contribution in [2.45, 2.75) is 0 Å². The van der Waals surface area contributed by atoms with E-state index in [1.807, 2.05) is 0 Å². The normalized spacial score (nSPS) is 11.8. The summed E-state index contributed by atoms with van der Waals surface area (Å²) in [6, 6.07) is 163. The molecule has 26 rings (SSSR count). The Balaban J connectivity index is 0.000000105. The van der Waals surface area contributed by atoms with E-state index in [1.54, 1.807) is 0 Å². The molecule has 122 heavy (non-hydrogen) atoms. The maximum absolute atomic E-state index is 6.34. The van der Waals surface area contributed by atoms with Gasteiger partial charge in [-0.1, -0.05) is 400 Å². The van der Waals surface area contributed by atoms with Crippen LogP contribution in [0.2, 0.25) is 0 Å². The molecule has 0 aliphatic rings. The summed E-state index contributed by atoms with van der Waals surface area (Å²) in [5, 5.41) is 34.9. The molecule has 0 fully saturated rings. The minimum Gasteiger partial charge on any atom is -0.456 e. The second-order valence-electron chi connectivity index (χ2n) is 32.2. The Morgan fingerprint density at radius 1 is 0.107 bits per heavy atom. The molecule has 2 nitrogen and oxygen atoms in total. The van der Waals surface area contributed by atoms with E-state index in [4.69, 9.17) is 8.83 Å². The fraction of sp³-hybridized carbons (Fsp3) is 0. The third-order valence-electron chi connectivity index (χ3n) is 25.5. The van der Waals surface area contributed by atoms with Crippen molar-refractivity contribution in [1.82, 2.24) is 0 Å². The molecule has 0 radical (unpaired) electrons. The molecule has 0 amide bonds. The van der Waals surface area contributed by atoms with Gasteiger partial charge in [-0.2, -0.15) is 0 Å². The van der Waals surface area contributed by atoms with Crippen LogP contribution in [-0.2, 0) is 0 Å². The second-order valence-corrected chi connectivity index (χ2v) is 32.2. The van der Waals surface area contributed by atoms with Gasteiger partial charge in [0.2, 0.25) is 0 Å². The Hall–Kier alpha value is -16.0. The zero-order valence-electron chi connectivity index (χ0n) is 66.5. The monoisotopic (exact) mass is 1550 g/mol. The number of hydrogen-bond donors (Lipinski definition) is 0. The molecule has 0 bridgehead atoms. The molecular weight excluding hydrogens is 1470 g/mol. The SMILES string of the molecule is c1ccc2c(-c3c4ccccc4c(-c4cccc5ccccc45)c4ccccc34)cccc2c1.c1ccc2cc3c(cc2c1)oc1ccc(-c2c4ccccc4c(-c4cccc5ccccc45)c4ccccc24)cc13.c1ccc2cc3c(cc2c1)oc1ccc(-c2ccc(-c4c5ccccc5c(-c5cccc6ccccc56)c5ccccc45)cc2)cc13. The van der Waals surface area contributed by atoms with Crippen LogP contribution in [0.3, 0.4) is 0 Å². The number of benzene rings is 24. The molecule has 0 unspecified atom stereocenters. The lowest BCUT2D eigenvalue weighted by Gasteiger charge is -2.19. The molecule has 2 heteroatoms. The van der Waals surface area contributed by atoms with Crippen LogP contribution in [0.5, 0.6) is 0 Å². The first-order valence-electron chi connectivity index (χ1n) is 42.1. The van der Waals surface area contributed by atoms with E-state index in [-0.39, 0.29) is 0 Å². The van der Waals surface area contributed by atoms with Gasteiger partial charge in [-0.05, 0) is 256 Å². The van der Waals surface area contributed by atoms with E-state index < -0.39 is 0 Å². The first-order valence-corrected chi connectivity index (χ1v) is 42.1. The van der Waals surface area contributed by atoms with Gasteiger partial charge in [0.15, 0.2) is 0 Å². The van der Waals surface area contributed by atoms with Gasteiger partial charge < -0.3 is 8.83 Å². The molecule has 24 aromatic carbocycles. The first-order chi connectivity index (χ1) is 60.5. The van der Waals surface area contributed by atoms with Crippen molar-refractivity contribution in [1.29, 1.82) is 0 Å². The molecular formula is C120H74O2. The van der Waals surface area contributed by atoms with Gasteiger partial charge in [0, 0.05) is 21.5 Å². The van der Waals surface area contributed by atoms with Gasteiger partial charge in [-0.25, -0.2) is 0 Å². The van der Waals surface area contributed by atoms with Crippen LogP contribution in [0.4, 0.5) is 0 Å². The van der Waals surface area contributed by atoms with E-state index >= 15 is 0 Å². The van der Waals surface area contributed by atoms with Crippen molar-refractivity contribution in [3.8, 4) is 77.9 Å². The van der Waals surface area contributed by atoms with E-state index in [0.717, 1.165) is 43.9 Å². The Morgan fingerprint density at radius 2 is 0.311 bits per heavy atom. The van der Waals surface area contributed by atoms with Crippen molar-refractivity contribution < 1.29 is 8.83 Å². The number of rotatable bonds is 7. The summed E-state index contributed by atoms with van der Waals surface area (Å²) >= 11 is 0. The molecule has 0 aliphatic carbocycles. The number of furan rings is 2. The standard InChI is InChI=1S/C46H28O.C40H24O.C34H22/c1-2-12-33-28-44-42(26-32(33)11-1)41-27-34(24-25-43(41)47-44)29-20-22-31(23-21-29)45-37-15-5-7-17-39(37)46(40-18-8-6-16-38(40)45)36-19-9-13-30-10-3-4-14-35(30)36;1-2-12-27-24-38-36(22-26(27)11-1)35-23-28(20-21-37(35)41-38)39-31-15-5-7-17-33(31)40(34-18-8-6-16-32(34)39)30-19-9-13-25-10-3-4-14-29(25)30;1-3-15-25-23(11-1)13-9-21-27(25)33-29-17-5-7-19-31(29)34(32-20-8-6-18-30(32)33)28-22-10-14-24-12-2-4-16-26(24)28/h1-28H;1-24H;1-22H. The smallest absolute Gasteiger partial charge is 0.136 e. The maximum Gasteiger partial charge on any atom is 0.136 e. The lowest BCUT2D eigenvalue weighted by molar-refractivity contribution is 0.669. The minimum atomic E-state index is 0.917. The Morgan fingerprint density at radius 3 is 0.615 bits per heavy atom. The Kier molecular flexibility index (Phi) is 16.7. The van der Waals surface area contributed by atoms with Crippen molar-refractivity contribution >= 4 is 173 Å². The van der Waals surface area contributed by atoms with Gasteiger partial charge in [0.1, 0.15) is 22.3 Å². The van der Waals surface area contributed by atoms with Gasteiger partial charge in [0.05, 0.1) is 0 Å². The topological polar surface area (TPSA) is 26.3 Å². The molecule has 0 saturated heterocycles. The van der Waals surface area contributed by atoms with Crippen molar-refractivity contribution in [2.24, 2.45) is 0 Å². The molecule has 2 aromatic heterocycles. The highest BCUT2D eigenvalue weighted by atomic mass is 16.3. The van der Waals surface area contributed by atoms with E-state index in [0.29, 0.717) is 0 Å². The molecule has 2 heterocycles. The molecule has 26 aromatic rings. The summed E-state index contributed by atoms with van der Waals surface area (Å²) in [5.41, 5.74) is 21.3. The van der Waals surface area contributed by atoms with E-state index in [9.17, 15) is 0 Å². The molecule has 0 spiro atoms. The van der Waals surface area contributed by atoms with E-state index in [2.05, 4.69) is 449 Å². The maximum atomic E-state index is 6.34. The van der Waals surface area contributed by atoms with Crippen LogP contribution >= 0.6 is 0 Å². The van der Waals surface area contributed by atoms with Gasteiger partial charge in [-0.3, -0.25) is 0 Å². The quantitative estimate of drug-likeness (QED) is 0.149. The predicted octanol–water partition coefficient (Wildman–Crippen LogP) is 34.4. The van der Waals surface area contributed by atoms with Crippen LogP contribution in [0.1, 0.15) is 0 Å². The Bertz CT molecular complexity index is 8450. The summed E-state index contributed by atoms with van der Waals surface area (Å²) in [5.74, 6) is 0. The van der Waals surface area contributed by atoms with Crippen LogP contribution in [-0.4, -0.2) is 0 Å². The molecule has 566 valence electrons. The number of fused-ring (bicyclic) bond motifs is 18. The summed E-state index contributed by atoms with van der Waals surface area (Å²) in [6.07, 6.45) is 0. The summed E-state index contributed by atoms with van der Waals surface area (Å²) < 4.78 is 12.6. The fourth-order valence-electron chi connectivity index (χ4n) is 20.0. The lowest BCUT2D eigenvalue weighted by atomic mass is 9.84. The summed E-state index contributed by atoms with van der Waals surface area (Å²) in [4.78, 5) is 0. The highest BCUT2D eigenvalue weighted by Crippen LogP contribution is 2.51. The second kappa shape index (κ2) is 29.0. The van der Waals surface area contributed by atoms with Crippen LogP contribution in [0.15, 0.2) is 458 Å². The highest BCUT2D eigenvalue weighted by Gasteiger charge is 2.24. The average Bonchev–Trinajstić information content (AvgIpc) is 1.32. The van der Waals surface area contributed by atoms with Crippen LogP contribution in [0, 0.1) is 0 Å². The zero-order chi connectivity index (χ0) is 80.3. The predicted molar refractivity (Wildman–Crippen MR) is 522 cm³/mol. The zero-order valence-corrected chi connectivity index (χ0v) is 66.5. The molecule has 0 saturated carbocycles. The fourth-order valence-corrected chi connectivity index (χ4v) is 20.0. The molecule has 0 atom stereocenters. The highest BCUT2D eigenvalue weighted by molar-refractivity contribution is 6.28. The van der Waals surface area contributed by atoms with Crippen molar-refractivity contribution in [3.05, 3.63) is 449 Å². The molecule has 0 N–H and O–H groups in total. The van der Waals surface area contributed by atoms with Gasteiger partial charge in [0.25, 0.3) is 0 Å². The van der Waals surface area contributed by atoms with Gasteiger partial charge >= 0.3 is 0 Å². The van der Waals surface area contributed by atoms with E-state index in [1.165, 1.54) is 207 Å². The third kappa shape index (κ3) is 11.6. The van der Waals surface area contributed by atoms with Crippen LogP contribution in [0.25, 0.3) is 251 Å². The lowest BCUT2D eigenvalue weighted by Crippen LogP contribution is -1.92.